The SMILES string of the molecule is CC(C)COP(=O)(O)O.OCCNCCO. The average molecular weight is 259 g/mol. The first-order chi connectivity index (χ1) is 7.33. The van der Waals surface area contributed by atoms with E-state index >= 15 is 0 Å². The molecule has 0 saturated heterocycles. The summed E-state index contributed by atoms with van der Waals surface area (Å²) in [5.74, 6) is 0.151. The molecule has 0 radical (unpaired) electrons. The average Bonchev–Trinajstić information content (AvgIpc) is 2.16. The molecule has 0 amide bonds. The summed E-state index contributed by atoms with van der Waals surface area (Å²) in [6.07, 6.45) is 0. The quantitative estimate of drug-likeness (QED) is 0.303. The van der Waals surface area contributed by atoms with Gasteiger partial charge in [0.1, 0.15) is 0 Å². The van der Waals surface area contributed by atoms with Crippen molar-refractivity contribution in [2.75, 3.05) is 32.9 Å². The molecule has 0 rings (SSSR count). The van der Waals surface area contributed by atoms with Gasteiger partial charge >= 0.3 is 7.82 Å². The highest BCUT2D eigenvalue weighted by atomic mass is 31.2. The third-order valence-electron chi connectivity index (χ3n) is 1.15. The molecular weight excluding hydrogens is 237 g/mol. The summed E-state index contributed by atoms with van der Waals surface area (Å²) in [6.45, 7) is 5.15. The van der Waals surface area contributed by atoms with Crippen molar-refractivity contribution >= 4 is 7.82 Å². The molecule has 5 N–H and O–H groups in total. The van der Waals surface area contributed by atoms with E-state index < -0.39 is 7.82 Å². The molecule has 0 heterocycles. The third-order valence-corrected chi connectivity index (χ3v) is 1.64. The molecule has 0 aliphatic heterocycles. The fraction of sp³-hybridized carbons (Fsp3) is 1.00. The molecule has 0 saturated carbocycles. The Morgan fingerprint density at radius 2 is 1.62 bits per heavy atom. The van der Waals surface area contributed by atoms with Crippen LogP contribution in [-0.2, 0) is 9.09 Å². The largest absolute Gasteiger partial charge is 0.469 e. The fourth-order valence-electron chi connectivity index (χ4n) is 0.529. The summed E-state index contributed by atoms with van der Waals surface area (Å²) in [5.41, 5.74) is 0. The zero-order valence-electron chi connectivity index (χ0n) is 9.67. The zero-order valence-corrected chi connectivity index (χ0v) is 10.6. The lowest BCUT2D eigenvalue weighted by atomic mass is 10.2. The molecule has 0 unspecified atom stereocenters. The van der Waals surface area contributed by atoms with Gasteiger partial charge in [0.15, 0.2) is 0 Å². The maximum atomic E-state index is 10.0. The van der Waals surface area contributed by atoms with Crippen molar-refractivity contribution in [3.63, 3.8) is 0 Å². The minimum absolute atomic E-state index is 0.101. The van der Waals surface area contributed by atoms with Gasteiger partial charge < -0.3 is 25.3 Å². The monoisotopic (exact) mass is 259 g/mol. The van der Waals surface area contributed by atoms with Gasteiger partial charge in [0.25, 0.3) is 0 Å². The molecular formula is C8H22NO6P. The van der Waals surface area contributed by atoms with E-state index in [2.05, 4.69) is 9.84 Å². The minimum Gasteiger partial charge on any atom is -0.395 e. The summed E-state index contributed by atoms with van der Waals surface area (Å²) in [5, 5.41) is 19.1. The topological polar surface area (TPSA) is 119 Å². The lowest BCUT2D eigenvalue weighted by Crippen LogP contribution is -2.21. The van der Waals surface area contributed by atoms with Gasteiger partial charge in [0.2, 0.25) is 0 Å². The Morgan fingerprint density at radius 3 is 1.81 bits per heavy atom. The first-order valence-corrected chi connectivity index (χ1v) is 6.49. The van der Waals surface area contributed by atoms with E-state index in [1.807, 2.05) is 13.8 Å². The number of rotatable bonds is 7. The van der Waals surface area contributed by atoms with Crippen molar-refractivity contribution in [3.8, 4) is 0 Å². The molecule has 0 bridgehead atoms. The molecule has 0 fully saturated rings. The van der Waals surface area contributed by atoms with Crippen molar-refractivity contribution < 1.29 is 29.1 Å². The zero-order chi connectivity index (χ0) is 13.0. The molecule has 100 valence electrons. The van der Waals surface area contributed by atoms with Crippen LogP contribution in [0.2, 0.25) is 0 Å². The fourth-order valence-corrected chi connectivity index (χ4v) is 1.02. The van der Waals surface area contributed by atoms with E-state index in [1.165, 1.54) is 0 Å². The maximum Gasteiger partial charge on any atom is 0.469 e. The third kappa shape index (κ3) is 23.7. The van der Waals surface area contributed by atoms with Gasteiger partial charge in [0, 0.05) is 13.1 Å². The molecule has 0 aromatic carbocycles. The van der Waals surface area contributed by atoms with Crippen molar-refractivity contribution in [3.05, 3.63) is 0 Å². The number of phosphoric acid groups is 1. The summed E-state index contributed by atoms with van der Waals surface area (Å²) in [6, 6.07) is 0. The van der Waals surface area contributed by atoms with E-state index in [0.717, 1.165) is 0 Å². The van der Waals surface area contributed by atoms with E-state index in [0.29, 0.717) is 13.1 Å². The van der Waals surface area contributed by atoms with E-state index in [9.17, 15) is 4.57 Å². The van der Waals surface area contributed by atoms with Gasteiger partial charge in [0.05, 0.1) is 19.8 Å². The smallest absolute Gasteiger partial charge is 0.395 e. The van der Waals surface area contributed by atoms with Gasteiger partial charge in [-0.3, -0.25) is 4.52 Å². The van der Waals surface area contributed by atoms with Crippen LogP contribution >= 0.6 is 7.82 Å². The molecule has 0 aromatic heterocycles. The van der Waals surface area contributed by atoms with Crippen molar-refractivity contribution in [1.82, 2.24) is 5.32 Å². The summed E-state index contributed by atoms with van der Waals surface area (Å²) in [7, 11) is -4.22. The van der Waals surface area contributed by atoms with E-state index in [1.54, 1.807) is 0 Å². The lowest BCUT2D eigenvalue weighted by molar-refractivity contribution is 0.177. The van der Waals surface area contributed by atoms with Gasteiger partial charge in [-0.05, 0) is 5.92 Å². The molecule has 0 aliphatic carbocycles. The molecule has 8 heteroatoms. The Hall–Kier alpha value is -0.0100. The first kappa shape index (κ1) is 18.4. The number of phosphoric ester groups is 1. The number of hydrogen-bond acceptors (Lipinski definition) is 5. The van der Waals surface area contributed by atoms with Crippen molar-refractivity contribution in [2.45, 2.75) is 13.8 Å². The highest BCUT2D eigenvalue weighted by molar-refractivity contribution is 7.46. The van der Waals surface area contributed by atoms with Crippen LogP contribution in [0.1, 0.15) is 13.8 Å². The summed E-state index contributed by atoms with van der Waals surface area (Å²) >= 11 is 0. The Balaban J connectivity index is 0. The van der Waals surface area contributed by atoms with Crippen LogP contribution in [0.4, 0.5) is 0 Å². The van der Waals surface area contributed by atoms with Crippen LogP contribution in [0.15, 0.2) is 0 Å². The van der Waals surface area contributed by atoms with Crippen LogP contribution < -0.4 is 5.32 Å². The summed E-state index contributed by atoms with van der Waals surface area (Å²) in [4.78, 5) is 16.3. The first-order valence-electron chi connectivity index (χ1n) is 4.96. The van der Waals surface area contributed by atoms with Crippen LogP contribution in [0.25, 0.3) is 0 Å². The Kier molecular flexibility index (Phi) is 13.2. The molecule has 0 atom stereocenters. The Bertz CT molecular complexity index is 179. The van der Waals surface area contributed by atoms with Crippen LogP contribution in [-0.4, -0.2) is 52.9 Å². The standard InChI is InChI=1S/C4H11NO2.C4H11O4P/c6-3-1-5-2-4-7;1-4(2)3-8-9(5,6)7/h5-7H,1-4H2;4H,3H2,1-2H3,(H2,5,6,7). The van der Waals surface area contributed by atoms with E-state index in [-0.39, 0.29) is 25.7 Å². The Morgan fingerprint density at radius 1 is 1.19 bits per heavy atom. The highest BCUT2D eigenvalue weighted by Crippen LogP contribution is 2.35. The van der Waals surface area contributed by atoms with Crippen LogP contribution in [0.3, 0.4) is 0 Å². The molecule has 16 heavy (non-hydrogen) atoms. The maximum absolute atomic E-state index is 10.0. The van der Waals surface area contributed by atoms with Gasteiger partial charge in [-0.1, -0.05) is 13.8 Å². The number of hydrogen-bond donors (Lipinski definition) is 5. The molecule has 0 aromatic rings. The molecule has 0 aliphatic rings. The second-order valence-electron chi connectivity index (χ2n) is 3.38. The normalized spacial score (nSPS) is 11.2. The molecule has 0 spiro atoms. The number of aliphatic hydroxyl groups is 2. The second-order valence-corrected chi connectivity index (χ2v) is 4.62. The predicted molar refractivity (Wildman–Crippen MR) is 59.9 cm³/mol. The predicted octanol–water partition coefficient (Wildman–Crippen LogP) is -0.688. The van der Waals surface area contributed by atoms with Gasteiger partial charge in [-0.2, -0.15) is 0 Å². The van der Waals surface area contributed by atoms with Gasteiger partial charge in [-0.25, -0.2) is 4.57 Å². The Labute approximate surface area is 95.7 Å². The minimum atomic E-state index is -4.22. The van der Waals surface area contributed by atoms with Gasteiger partial charge in [-0.15, -0.1) is 0 Å². The van der Waals surface area contributed by atoms with Crippen LogP contribution in [0.5, 0.6) is 0 Å². The second kappa shape index (κ2) is 11.5. The highest BCUT2D eigenvalue weighted by Gasteiger charge is 2.13. The van der Waals surface area contributed by atoms with Crippen molar-refractivity contribution in [2.24, 2.45) is 5.92 Å². The van der Waals surface area contributed by atoms with E-state index in [4.69, 9.17) is 20.0 Å². The summed E-state index contributed by atoms with van der Waals surface area (Å²) < 4.78 is 14.2. The van der Waals surface area contributed by atoms with Crippen LogP contribution in [0, 0.1) is 5.92 Å². The lowest BCUT2D eigenvalue weighted by Gasteiger charge is -2.06. The number of aliphatic hydroxyl groups excluding tert-OH is 2. The number of nitrogens with one attached hydrogen (secondary N) is 1. The molecule has 7 nitrogen and oxygen atoms in total. The van der Waals surface area contributed by atoms with Crippen molar-refractivity contribution in [1.29, 1.82) is 0 Å².